The summed E-state index contributed by atoms with van der Waals surface area (Å²) < 4.78 is 0. The highest BCUT2D eigenvalue weighted by molar-refractivity contribution is 6.30. The molecule has 0 unspecified atom stereocenters. The van der Waals surface area contributed by atoms with Crippen molar-refractivity contribution in [1.82, 2.24) is 9.88 Å². The van der Waals surface area contributed by atoms with Crippen molar-refractivity contribution in [3.05, 3.63) is 99.8 Å². The van der Waals surface area contributed by atoms with Crippen LogP contribution in [0.2, 0.25) is 5.02 Å². The molecule has 0 saturated carbocycles. The maximum atomic E-state index is 13.0. The number of carbonyl (C=O) groups excluding carboxylic acids is 1. The molecule has 4 rings (SSSR count). The van der Waals surface area contributed by atoms with Crippen molar-refractivity contribution in [2.45, 2.75) is 44.6 Å². The van der Waals surface area contributed by atoms with E-state index in [1.54, 1.807) is 24.3 Å². The van der Waals surface area contributed by atoms with Crippen LogP contribution < -0.4 is 0 Å². The maximum absolute atomic E-state index is 13.0. The van der Waals surface area contributed by atoms with E-state index >= 15 is 0 Å². The zero-order valence-electron chi connectivity index (χ0n) is 18.4. The van der Waals surface area contributed by atoms with Crippen LogP contribution in [0.4, 0.5) is 0 Å². The molecule has 1 aliphatic rings. The van der Waals surface area contributed by atoms with Crippen LogP contribution in [0.5, 0.6) is 0 Å². The van der Waals surface area contributed by atoms with Crippen LogP contribution in [0.3, 0.4) is 0 Å². The van der Waals surface area contributed by atoms with E-state index in [4.69, 9.17) is 16.6 Å². The van der Waals surface area contributed by atoms with Gasteiger partial charge >= 0.3 is 5.97 Å². The predicted octanol–water partition coefficient (Wildman–Crippen LogP) is 5.51. The molecular formula is C27H27ClN2O3. The van der Waals surface area contributed by atoms with E-state index in [2.05, 4.69) is 12.1 Å². The average Bonchev–Trinajstić information content (AvgIpc) is 3.31. The standard InChI is InChI=1S/C27H27ClN2O3/c28-21-13-11-20(12-14-21)18-26(31)30-17-5-10-25(30)24-16-15-22(27(32)33)23(29-24)9-4-8-19-6-2-1-3-7-19/h1-3,6-7,11-16,25H,4-5,8-10,17-18H2,(H,32,33)/t25-/m0/s1. The summed E-state index contributed by atoms with van der Waals surface area (Å²) in [7, 11) is 0. The van der Waals surface area contributed by atoms with Gasteiger partial charge in [0.05, 0.1) is 29.4 Å². The number of carboxylic acids is 1. The largest absolute Gasteiger partial charge is 0.478 e. The number of likely N-dealkylation sites (tertiary alicyclic amines) is 1. The van der Waals surface area contributed by atoms with Gasteiger partial charge in [0.2, 0.25) is 5.91 Å². The number of hydrogen-bond acceptors (Lipinski definition) is 3. The molecule has 1 fully saturated rings. The fourth-order valence-corrected chi connectivity index (χ4v) is 4.57. The Bertz CT molecular complexity index is 1120. The molecule has 33 heavy (non-hydrogen) atoms. The van der Waals surface area contributed by atoms with Crippen molar-refractivity contribution in [3.63, 3.8) is 0 Å². The highest BCUT2D eigenvalue weighted by atomic mass is 35.5. The minimum atomic E-state index is -0.967. The van der Waals surface area contributed by atoms with Gasteiger partial charge in [-0.1, -0.05) is 54.1 Å². The van der Waals surface area contributed by atoms with Gasteiger partial charge < -0.3 is 10.0 Å². The summed E-state index contributed by atoms with van der Waals surface area (Å²) in [6.45, 7) is 0.683. The first-order valence-electron chi connectivity index (χ1n) is 11.3. The molecule has 1 N–H and O–H groups in total. The third kappa shape index (κ3) is 5.79. The number of aromatic nitrogens is 1. The van der Waals surface area contributed by atoms with Crippen molar-refractivity contribution in [2.24, 2.45) is 0 Å². The van der Waals surface area contributed by atoms with Gasteiger partial charge in [0.25, 0.3) is 0 Å². The van der Waals surface area contributed by atoms with Crippen molar-refractivity contribution in [2.75, 3.05) is 6.54 Å². The molecule has 1 aliphatic heterocycles. The van der Waals surface area contributed by atoms with Crippen molar-refractivity contribution in [1.29, 1.82) is 0 Å². The fourth-order valence-electron chi connectivity index (χ4n) is 4.44. The van der Waals surface area contributed by atoms with Gasteiger partial charge in [0.15, 0.2) is 0 Å². The summed E-state index contributed by atoms with van der Waals surface area (Å²) in [5.74, 6) is -0.916. The number of carboxylic acid groups (broad SMARTS) is 1. The van der Waals surface area contributed by atoms with Crippen LogP contribution in [-0.4, -0.2) is 33.4 Å². The summed E-state index contributed by atoms with van der Waals surface area (Å²) in [5.41, 5.74) is 3.75. The Hall–Kier alpha value is -3.18. The van der Waals surface area contributed by atoms with E-state index < -0.39 is 5.97 Å². The van der Waals surface area contributed by atoms with Gasteiger partial charge in [-0.15, -0.1) is 0 Å². The molecular weight excluding hydrogens is 436 g/mol. The topological polar surface area (TPSA) is 70.5 Å². The summed E-state index contributed by atoms with van der Waals surface area (Å²) in [4.78, 5) is 31.5. The molecule has 1 saturated heterocycles. The Morgan fingerprint density at radius 2 is 1.73 bits per heavy atom. The first kappa shape index (κ1) is 23.0. The van der Waals surface area contributed by atoms with Crippen LogP contribution in [0.1, 0.15) is 58.2 Å². The second-order valence-electron chi connectivity index (χ2n) is 8.42. The number of carbonyl (C=O) groups is 2. The second kappa shape index (κ2) is 10.6. The Labute approximate surface area is 199 Å². The van der Waals surface area contributed by atoms with Crippen LogP contribution in [0.25, 0.3) is 0 Å². The zero-order chi connectivity index (χ0) is 23.2. The van der Waals surface area contributed by atoms with Gasteiger partial charge in [-0.2, -0.15) is 0 Å². The third-order valence-electron chi connectivity index (χ3n) is 6.13. The molecule has 0 bridgehead atoms. The lowest BCUT2D eigenvalue weighted by atomic mass is 10.0. The number of amides is 1. The Balaban J connectivity index is 1.49. The van der Waals surface area contributed by atoms with Crippen molar-refractivity contribution < 1.29 is 14.7 Å². The van der Waals surface area contributed by atoms with Gasteiger partial charge in [0, 0.05) is 11.6 Å². The zero-order valence-corrected chi connectivity index (χ0v) is 19.2. The molecule has 1 atom stereocenters. The van der Waals surface area contributed by atoms with E-state index in [0.29, 0.717) is 30.1 Å². The monoisotopic (exact) mass is 462 g/mol. The minimum Gasteiger partial charge on any atom is -0.478 e. The van der Waals surface area contributed by atoms with Crippen LogP contribution >= 0.6 is 11.6 Å². The lowest BCUT2D eigenvalue weighted by molar-refractivity contribution is -0.131. The molecule has 0 radical (unpaired) electrons. The molecule has 5 nitrogen and oxygen atoms in total. The summed E-state index contributed by atoms with van der Waals surface area (Å²) >= 11 is 5.95. The molecule has 2 heterocycles. The number of pyridine rings is 1. The van der Waals surface area contributed by atoms with Crippen LogP contribution in [0, 0.1) is 0 Å². The first-order valence-corrected chi connectivity index (χ1v) is 11.7. The molecule has 0 spiro atoms. The quantitative estimate of drug-likeness (QED) is 0.478. The van der Waals surface area contributed by atoms with E-state index in [-0.39, 0.29) is 17.5 Å². The number of halogens is 1. The van der Waals surface area contributed by atoms with Gasteiger partial charge in [-0.05, 0) is 67.5 Å². The molecule has 2 aromatic carbocycles. The average molecular weight is 463 g/mol. The Kier molecular flexibility index (Phi) is 7.40. The highest BCUT2D eigenvalue weighted by Gasteiger charge is 2.31. The minimum absolute atomic E-state index is 0.0505. The van der Waals surface area contributed by atoms with Gasteiger partial charge in [-0.25, -0.2) is 4.79 Å². The van der Waals surface area contributed by atoms with Gasteiger partial charge in [0.1, 0.15) is 0 Å². The smallest absolute Gasteiger partial charge is 0.337 e. The molecule has 170 valence electrons. The molecule has 3 aromatic rings. The van der Waals surface area contributed by atoms with Crippen molar-refractivity contribution >= 4 is 23.5 Å². The van der Waals surface area contributed by atoms with Gasteiger partial charge in [-0.3, -0.25) is 9.78 Å². The van der Waals surface area contributed by atoms with Crippen LogP contribution in [0.15, 0.2) is 66.7 Å². The molecule has 1 aromatic heterocycles. The van der Waals surface area contributed by atoms with Crippen LogP contribution in [-0.2, 0) is 24.1 Å². The van der Waals surface area contributed by atoms with E-state index in [1.165, 1.54) is 5.56 Å². The SMILES string of the molecule is O=C(O)c1ccc([C@@H]2CCCN2C(=O)Cc2ccc(Cl)cc2)nc1CCCc1ccccc1. The predicted molar refractivity (Wildman–Crippen MR) is 129 cm³/mol. The highest BCUT2D eigenvalue weighted by Crippen LogP contribution is 2.32. The number of benzene rings is 2. The number of aromatic carboxylic acids is 1. The Morgan fingerprint density at radius 3 is 2.45 bits per heavy atom. The maximum Gasteiger partial charge on any atom is 0.337 e. The lowest BCUT2D eigenvalue weighted by Gasteiger charge is -2.25. The fraction of sp³-hybridized carbons (Fsp3) is 0.296. The summed E-state index contributed by atoms with van der Waals surface area (Å²) in [5, 5.41) is 10.3. The number of hydrogen-bond donors (Lipinski definition) is 1. The molecule has 1 amide bonds. The van der Waals surface area contributed by atoms with Crippen molar-refractivity contribution in [3.8, 4) is 0 Å². The summed E-state index contributed by atoms with van der Waals surface area (Å²) in [6, 6.07) is 20.8. The normalized spacial score (nSPS) is 15.5. The van der Waals surface area contributed by atoms with E-state index in [9.17, 15) is 14.7 Å². The van der Waals surface area contributed by atoms with E-state index in [0.717, 1.165) is 36.9 Å². The number of aryl methyl sites for hydroxylation is 2. The first-order chi connectivity index (χ1) is 16.0. The third-order valence-corrected chi connectivity index (χ3v) is 6.38. The lowest BCUT2D eigenvalue weighted by Crippen LogP contribution is -2.32. The molecule has 6 heteroatoms. The molecule has 0 aliphatic carbocycles. The Morgan fingerprint density at radius 1 is 0.970 bits per heavy atom. The second-order valence-corrected chi connectivity index (χ2v) is 8.86. The van der Waals surface area contributed by atoms with E-state index in [1.807, 2.05) is 35.2 Å². The summed E-state index contributed by atoms with van der Waals surface area (Å²) in [6.07, 6.45) is 4.30. The number of rotatable bonds is 8. The number of nitrogens with zero attached hydrogens (tertiary/aromatic N) is 2.